The number of halogens is 1. The summed E-state index contributed by atoms with van der Waals surface area (Å²) in [6.45, 7) is 1.80. The van der Waals surface area contributed by atoms with E-state index in [1.807, 2.05) is 48.5 Å². The van der Waals surface area contributed by atoms with Crippen LogP contribution in [0.3, 0.4) is 0 Å². The predicted molar refractivity (Wildman–Crippen MR) is 137 cm³/mol. The first kappa shape index (κ1) is 23.3. The fourth-order valence-corrected chi connectivity index (χ4v) is 5.11. The second-order valence-electron chi connectivity index (χ2n) is 7.99. The zero-order valence-corrected chi connectivity index (χ0v) is 21.3. The zero-order chi connectivity index (χ0) is 24.5. The third-order valence-corrected chi connectivity index (χ3v) is 7.17. The molecule has 9 nitrogen and oxygen atoms in total. The van der Waals surface area contributed by atoms with Crippen molar-refractivity contribution in [2.75, 3.05) is 12.9 Å². The van der Waals surface area contributed by atoms with Gasteiger partial charge in [0.25, 0.3) is 11.5 Å². The first-order chi connectivity index (χ1) is 16.9. The molecule has 3 heterocycles. The van der Waals surface area contributed by atoms with Crippen LogP contribution in [0.4, 0.5) is 0 Å². The van der Waals surface area contributed by atoms with Crippen LogP contribution in [0.5, 0.6) is 5.75 Å². The molecule has 4 aromatic rings. The van der Waals surface area contributed by atoms with Gasteiger partial charge in [0.15, 0.2) is 5.16 Å². The van der Waals surface area contributed by atoms with E-state index in [2.05, 4.69) is 31.1 Å². The molecule has 0 bridgehead atoms. The summed E-state index contributed by atoms with van der Waals surface area (Å²) in [5.41, 5.74) is 3.23. The lowest BCUT2D eigenvalue weighted by Gasteiger charge is -2.22. The largest absolute Gasteiger partial charge is 0.497 e. The number of aryl methyl sites for hydroxylation is 1. The first-order valence-electron chi connectivity index (χ1n) is 10.8. The van der Waals surface area contributed by atoms with Crippen LogP contribution in [0.25, 0.3) is 5.78 Å². The Kier molecular flexibility index (Phi) is 6.44. The standard InChI is InChI=1S/C24H21BrN6O3S/c1-14-11-21(32)26-23-27-28-24(30(14)23)35-13-22(33)31-20(16-5-9-18(34-2)10-6-16)12-19(29-31)15-3-7-17(25)8-4-15/h3-11,20H,12-13H2,1-2H3,(H,26,27,32)/t20-/m0/s1. The summed E-state index contributed by atoms with van der Waals surface area (Å²) < 4.78 is 7.99. The highest BCUT2D eigenvalue weighted by atomic mass is 79.9. The molecule has 0 fully saturated rings. The molecule has 2 aromatic carbocycles. The van der Waals surface area contributed by atoms with Crippen LogP contribution in [0.2, 0.25) is 0 Å². The highest BCUT2D eigenvalue weighted by Crippen LogP contribution is 2.34. The summed E-state index contributed by atoms with van der Waals surface area (Å²) in [5, 5.41) is 15.0. The molecule has 11 heteroatoms. The summed E-state index contributed by atoms with van der Waals surface area (Å²) in [4.78, 5) is 27.8. The number of hydrogen-bond donors (Lipinski definition) is 1. The summed E-state index contributed by atoms with van der Waals surface area (Å²) in [6.07, 6.45) is 0.596. The van der Waals surface area contributed by atoms with Crippen molar-refractivity contribution in [1.29, 1.82) is 0 Å². The molecule has 1 amide bonds. The highest BCUT2D eigenvalue weighted by molar-refractivity contribution is 9.10. The number of ether oxygens (including phenoxy) is 1. The van der Waals surface area contributed by atoms with Gasteiger partial charge in [-0.05, 0) is 42.3 Å². The van der Waals surface area contributed by atoms with Gasteiger partial charge >= 0.3 is 0 Å². The molecule has 178 valence electrons. The second-order valence-corrected chi connectivity index (χ2v) is 9.85. The van der Waals surface area contributed by atoms with E-state index in [0.29, 0.717) is 23.0 Å². The van der Waals surface area contributed by atoms with Crippen LogP contribution < -0.4 is 10.3 Å². The van der Waals surface area contributed by atoms with Gasteiger partial charge in [-0.1, -0.05) is 52.0 Å². The van der Waals surface area contributed by atoms with Crippen LogP contribution >= 0.6 is 27.7 Å². The van der Waals surface area contributed by atoms with Gasteiger partial charge in [0.05, 0.1) is 24.6 Å². The lowest BCUT2D eigenvalue weighted by molar-refractivity contribution is -0.130. The van der Waals surface area contributed by atoms with Gasteiger partial charge < -0.3 is 4.74 Å². The summed E-state index contributed by atoms with van der Waals surface area (Å²) in [5.74, 6) is 1.06. The molecule has 1 aliphatic heterocycles. The minimum Gasteiger partial charge on any atom is -0.497 e. The van der Waals surface area contributed by atoms with E-state index in [9.17, 15) is 9.59 Å². The Bertz CT molecular complexity index is 1480. The fourth-order valence-electron chi connectivity index (χ4n) is 4.00. The number of hydrogen-bond acceptors (Lipinski definition) is 7. The van der Waals surface area contributed by atoms with Gasteiger partial charge in [-0.3, -0.25) is 19.0 Å². The van der Waals surface area contributed by atoms with E-state index in [4.69, 9.17) is 9.84 Å². The Morgan fingerprint density at radius 2 is 1.91 bits per heavy atom. The average molecular weight is 553 g/mol. The molecule has 0 saturated heterocycles. The van der Waals surface area contributed by atoms with Gasteiger partial charge in [-0.15, -0.1) is 10.2 Å². The highest BCUT2D eigenvalue weighted by Gasteiger charge is 2.33. The quantitative estimate of drug-likeness (QED) is 0.363. The maximum absolute atomic E-state index is 13.4. The average Bonchev–Trinajstić information content (AvgIpc) is 3.48. The SMILES string of the molecule is COc1ccc([C@@H]2CC(c3ccc(Br)cc3)=NN2C(=O)CSc2nnc3[nH]c(=O)cc(C)n23)cc1. The smallest absolute Gasteiger partial charge is 0.253 e. The lowest BCUT2D eigenvalue weighted by atomic mass is 9.98. The van der Waals surface area contributed by atoms with Crippen molar-refractivity contribution >= 4 is 45.1 Å². The molecule has 1 atom stereocenters. The molecule has 5 rings (SSSR count). The number of rotatable bonds is 6. The number of amides is 1. The first-order valence-corrected chi connectivity index (χ1v) is 12.6. The number of aromatic amines is 1. The van der Waals surface area contributed by atoms with Crippen LogP contribution in [-0.2, 0) is 4.79 Å². The van der Waals surface area contributed by atoms with E-state index in [0.717, 1.165) is 27.1 Å². The Hall–Kier alpha value is -3.44. The fraction of sp³-hybridized carbons (Fsp3) is 0.208. The third kappa shape index (κ3) is 4.73. The molecule has 0 spiro atoms. The molecule has 0 radical (unpaired) electrons. The van der Waals surface area contributed by atoms with Crippen LogP contribution in [-0.4, -0.2) is 49.1 Å². The molecule has 2 aromatic heterocycles. The number of hydrazone groups is 1. The van der Waals surface area contributed by atoms with E-state index in [1.54, 1.807) is 23.4 Å². The molecule has 35 heavy (non-hydrogen) atoms. The number of nitrogens with one attached hydrogen (secondary N) is 1. The molecule has 0 unspecified atom stereocenters. The summed E-state index contributed by atoms with van der Waals surface area (Å²) in [6, 6.07) is 16.8. The maximum Gasteiger partial charge on any atom is 0.253 e. The Morgan fingerprint density at radius 3 is 2.63 bits per heavy atom. The van der Waals surface area contributed by atoms with Crippen molar-refractivity contribution in [3.63, 3.8) is 0 Å². The van der Waals surface area contributed by atoms with Gasteiger partial charge in [0.1, 0.15) is 5.75 Å². The number of methoxy groups -OCH3 is 1. The van der Waals surface area contributed by atoms with Crippen LogP contribution in [0.15, 0.2) is 74.1 Å². The van der Waals surface area contributed by atoms with Crippen LogP contribution in [0, 0.1) is 6.92 Å². The molecule has 0 aliphatic carbocycles. The van der Waals surface area contributed by atoms with Crippen molar-refractivity contribution in [1.82, 2.24) is 24.6 Å². The van der Waals surface area contributed by atoms with Crippen molar-refractivity contribution in [3.05, 3.63) is 86.2 Å². The summed E-state index contributed by atoms with van der Waals surface area (Å²) >= 11 is 4.72. The number of fused-ring (bicyclic) bond motifs is 1. The minimum absolute atomic E-state index is 0.114. The summed E-state index contributed by atoms with van der Waals surface area (Å²) in [7, 11) is 1.62. The monoisotopic (exact) mass is 552 g/mol. The topological polar surface area (TPSA) is 105 Å². The van der Waals surface area contributed by atoms with Gasteiger partial charge in [-0.2, -0.15) is 5.10 Å². The van der Waals surface area contributed by atoms with Gasteiger partial charge in [0.2, 0.25) is 5.78 Å². The number of carbonyl (C=O) groups is 1. The number of benzene rings is 2. The lowest BCUT2D eigenvalue weighted by Crippen LogP contribution is -2.28. The minimum atomic E-state index is -0.246. The maximum atomic E-state index is 13.4. The molecule has 0 saturated carbocycles. The van der Waals surface area contributed by atoms with Crippen molar-refractivity contribution < 1.29 is 9.53 Å². The predicted octanol–water partition coefficient (Wildman–Crippen LogP) is 3.97. The van der Waals surface area contributed by atoms with E-state index >= 15 is 0 Å². The Labute approximate surface area is 213 Å². The second kappa shape index (κ2) is 9.67. The normalized spacial score (nSPS) is 15.5. The van der Waals surface area contributed by atoms with Crippen molar-refractivity contribution in [2.45, 2.75) is 24.5 Å². The van der Waals surface area contributed by atoms with E-state index in [1.165, 1.54) is 17.8 Å². The number of carbonyl (C=O) groups excluding carboxylic acids is 1. The molecule has 1 N–H and O–H groups in total. The van der Waals surface area contributed by atoms with Crippen molar-refractivity contribution in [2.24, 2.45) is 5.10 Å². The number of H-pyrrole nitrogens is 1. The molecule has 1 aliphatic rings. The van der Waals surface area contributed by atoms with Crippen molar-refractivity contribution in [3.8, 4) is 5.75 Å². The van der Waals surface area contributed by atoms with Gasteiger partial charge in [0, 0.05) is 22.7 Å². The number of nitrogens with zero attached hydrogens (tertiary/aromatic N) is 5. The number of aromatic nitrogens is 4. The molecular weight excluding hydrogens is 532 g/mol. The Balaban J connectivity index is 1.42. The van der Waals surface area contributed by atoms with Gasteiger partial charge in [-0.25, -0.2) is 5.01 Å². The Morgan fingerprint density at radius 1 is 1.17 bits per heavy atom. The van der Waals surface area contributed by atoms with E-state index in [-0.39, 0.29) is 23.3 Å². The number of thioether (sulfide) groups is 1. The van der Waals surface area contributed by atoms with E-state index < -0.39 is 0 Å². The zero-order valence-electron chi connectivity index (χ0n) is 18.9. The molecular formula is C24H21BrN6O3S. The van der Waals surface area contributed by atoms with Crippen LogP contribution in [0.1, 0.15) is 29.3 Å². The third-order valence-electron chi connectivity index (χ3n) is 5.73.